The van der Waals surface area contributed by atoms with Gasteiger partial charge < -0.3 is 15.0 Å². The lowest BCUT2D eigenvalue weighted by Crippen LogP contribution is -2.42. The lowest BCUT2D eigenvalue weighted by atomic mass is 10.0. The molecule has 132 valence electrons. The van der Waals surface area contributed by atoms with Crippen molar-refractivity contribution in [2.45, 2.75) is 46.3 Å². The lowest BCUT2D eigenvalue weighted by molar-refractivity contribution is -0.127. The molecule has 24 heavy (non-hydrogen) atoms. The van der Waals surface area contributed by atoms with Gasteiger partial charge in [-0.2, -0.15) is 8.78 Å². The van der Waals surface area contributed by atoms with Crippen molar-refractivity contribution in [2.75, 3.05) is 13.1 Å². The average Bonchev–Trinajstić information content (AvgIpc) is 2.87. The molecule has 1 aromatic rings. The molecular formula is C17H22F2N2O3. The molecule has 5 nitrogen and oxygen atoms in total. The van der Waals surface area contributed by atoms with Crippen LogP contribution in [0.5, 0.6) is 5.75 Å². The first-order valence-corrected chi connectivity index (χ1v) is 7.92. The lowest BCUT2D eigenvalue weighted by Gasteiger charge is -2.22. The fraction of sp³-hybridized carbons (Fsp3) is 0.529. The van der Waals surface area contributed by atoms with E-state index < -0.39 is 6.61 Å². The second kappa shape index (κ2) is 7.59. The topological polar surface area (TPSA) is 58.6 Å². The number of amides is 2. The SMILES string of the molecule is Cc1cc(C(=O)NC(C)CN2CCCC2=O)cc(C)c1OC(F)F. The summed E-state index contributed by atoms with van der Waals surface area (Å²) >= 11 is 0. The van der Waals surface area contributed by atoms with Crippen LogP contribution < -0.4 is 10.1 Å². The van der Waals surface area contributed by atoms with E-state index in [1.807, 2.05) is 6.92 Å². The Morgan fingerprint density at radius 2 is 1.96 bits per heavy atom. The number of aryl methyl sites for hydroxylation is 2. The molecule has 1 heterocycles. The van der Waals surface area contributed by atoms with Crippen molar-refractivity contribution in [3.05, 3.63) is 28.8 Å². The smallest absolute Gasteiger partial charge is 0.387 e. The van der Waals surface area contributed by atoms with Crippen LogP contribution in [0.3, 0.4) is 0 Å². The molecule has 2 amide bonds. The van der Waals surface area contributed by atoms with Crippen molar-refractivity contribution in [2.24, 2.45) is 0 Å². The molecule has 1 aliphatic rings. The van der Waals surface area contributed by atoms with Crippen LogP contribution in [0.2, 0.25) is 0 Å². The molecule has 2 rings (SSSR count). The third kappa shape index (κ3) is 4.43. The van der Waals surface area contributed by atoms with Crippen molar-refractivity contribution < 1.29 is 23.1 Å². The molecule has 0 radical (unpaired) electrons. The van der Waals surface area contributed by atoms with Crippen LogP contribution in [0.1, 0.15) is 41.3 Å². The average molecular weight is 340 g/mol. The van der Waals surface area contributed by atoms with E-state index >= 15 is 0 Å². The Morgan fingerprint density at radius 3 is 2.46 bits per heavy atom. The van der Waals surface area contributed by atoms with Crippen molar-refractivity contribution in [3.8, 4) is 5.75 Å². The zero-order valence-corrected chi connectivity index (χ0v) is 14.1. The number of alkyl halides is 2. The standard InChI is InChI=1S/C17H22F2N2O3/c1-10-7-13(8-11(2)15(10)24-17(18)19)16(23)20-12(3)9-21-6-4-5-14(21)22/h7-8,12,17H,4-6,9H2,1-3H3,(H,20,23). The summed E-state index contributed by atoms with van der Waals surface area (Å²) in [7, 11) is 0. The van der Waals surface area contributed by atoms with Gasteiger partial charge in [-0.3, -0.25) is 9.59 Å². The summed E-state index contributed by atoms with van der Waals surface area (Å²) in [4.78, 5) is 25.7. The van der Waals surface area contributed by atoms with Gasteiger partial charge in [0.1, 0.15) is 5.75 Å². The molecule has 1 unspecified atom stereocenters. The fourth-order valence-electron chi connectivity index (χ4n) is 2.94. The van der Waals surface area contributed by atoms with Crippen molar-refractivity contribution in [1.82, 2.24) is 10.2 Å². The van der Waals surface area contributed by atoms with Crippen LogP contribution in [-0.2, 0) is 4.79 Å². The molecular weight excluding hydrogens is 318 g/mol. The number of ether oxygens (including phenoxy) is 1. The second-order valence-corrected chi connectivity index (χ2v) is 6.14. The Balaban J connectivity index is 2.02. The molecule has 7 heteroatoms. The van der Waals surface area contributed by atoms with Gasteiger partial charge in [0.15, 0.2) is 0 Å². The highest BCUT2D eigenvalue weighted by Crippen LogP contribution is 2.26. The van der Waals surface area contributed by atoms with Crippen LogP contribution in [0, 0.1) is 13.8 Å². The third-order valence-electron chi connectivity index (χ3n) is 3.97. The first-order valence-electron chi connectivity index (χ1n) is 7.92. The van der Waals surface area contributed by atoms with Crippen molar-refractivity contribution in [3.63, 3.8) is 0 Å². The number of nitrogens with one attached hydrogen (secondary N) is 1. The maximum atomic E-state index is 12.4. The van der Waals surface area contributed by atoms with E-state index in [0.717, 1.165) is 13.0 Å². The number of benzene rings is 1. The van der Waals surface area contributed by atoms with Gasteiger partial charge in [-0.1, -0.05) is 0 Å². The number of rotatable bonds is 6. The van der Waals surface area contributed by atoms with E-state index in [9.17, 15) is 18.4 Å². The summed E-state index contributed by atoms with van der Waals surface area (Å²) in [5, 5.41) is 2.84. The van der Waals surface area contributed by atoms with Crippen LogP contribution in [0.4, 0.5) is 8.78 Å². The van der Waals surface area contributed by atoms with Crippen LogP contribution in [0.25, 0.3) is 0 Å². The molecule has 1 N–H and O–H groups in total. The highest BCUT2D eigenvalue weighted by Gasteiger charge is 2.23. The summed E-state index contributed by atoms with van der Waals surface area (Å²) in [5.74, 6) is -0.0995. The predicted molar refractivity (Wildman–Crippen MR) is 85.3 cm³/mol. The molecule has 0 aromatic heterocycles. The third-order valence-corrected chi connectivity index (χ3v) is 3.97. The normalized spacial score (nSPS) is 15.8. The van der Waals surface area contributed by atoms with Crippen molar-refractivity contribution >= 4 is 11.8 Å². The summed E-state index contributed by atoms with van der Waals surface area (Å²) < 4.78 is 29.3. The molecule has 0 bridgehead atoms. The largest absolute Gasteiger partial charge is 0.434 e. The monoisotopic (exact) mass is 340 g/mol. The van der Waals surface area contributed by atoms with E-state index in [1.165, 1.54) is 12.1 Å². The molecule has 1 saturated heterocycles. The number of hydrogen-bond acceptors (Lipinski definition) is 3. The van der Waals surface area contributed by atoms with Crippen LogP contribution in [0.15, 0.2) is 12.1 Å². The number of carbonyl (C=O) groups is 2. The minimum Gasteiger partial charge on any atom is -0.434 e. The van der Waals surface area contributed by atoms with Gasteiger partial charge in [-0.15, -0.1) is 0 Å². The highest BCUT2D eigenvalue weighted by atomic mass is 19.3. The summed E-state index contributed by atoms with van der Waals surface area (Å²) in [5.41, 5.74) is 1.33. The molecule has 1 aliphatic heterocycles. The quantitative estimate of drug-likeness (QED) is 0.866. The van der Waals surface area contributed by atoms with Gasteiger partial charge in [-0.25, -0.2) is 0 Å². The van der Waals surface area contributed by atoms with Crippen molar-refractivity contribution in [1.29, 1.82) is 0 Å². The molecule has 1 fully saturated rings. The molecule has 0 aliphatic carbocycles. The van der Waals surface area contributed by atoms with E-state index in [0.29, 0.717) is 29.7 Å². The van der Waals surface area contributed by atoms with Gasteiger partial charge in [0.05, 0.1) is 0 Å². The molecule has 1 aromatic carbocycles. The Morgan fingerprint density at radius 1 is 1.33 bits per heavy atom. The minimum absolute atomic E-state index is 0.0947. The van der Waals surface area contributed by atoms with Gasteiger partial charge in [0.25, 0.3) is 5.91 Å². The first-order chi connectivity index (χ1) is 11.3. The maximum Gasteiger partial charge on any atom is 0.387 e. The number of halogens is 2. The maximum absolute atomic E-state index is 12.4. The van der Waals surface area contributed by atoms with Crippen LogP contribution >= 0.6 is 0 Å². The summed E-state index contributed by atoms with van der Waals surface area (Å²) in [6.45, 7) is 3.35. The minimum atomic E-state index is -2.90. The second-order valence-electron chi connectivity index (χ2n) is 6.14. The Hall–Kier alpha value is -2.18. The fourth-order valence-corrected chi connectivity index (χ4v) is 2.94. The predicted octanol–water partition coefficient (Wildman–Crippen LogP) is 2.65. The van der Waals surface area contributed by atoms with Gasteiger partial charge in [0, 0.05) is 31.1 Å². The molecule has 0 spiro atoms. The Labute approximate surface area is 140 Å². The van der Waals surface area contributed by atoms with E-state index in [2.05, 4.69) is 10.1 Å². The molecule has 0 saturated carbocycles. The van der Waals surface area contributed by atoms with E-state index in [-0.39, 0.29) is 23.6 Å². The number of nitrogens with zero attached hydrogens (tertiary/aromatic N) is 1. The van der Waals surface area contributed by atoms with Gasteiger partial charge in [0.2, 0.25) is 5.91 Å². The zero-order valence-electron chi connectivity index (χ0n) is 14.1. The van der Waals surface area contributed by atoms with Gasteiger partial charge in [-0.05, 0) is 50.5 Å². The van der Waals surface area contributed by atoms with Gasteiger partial charge >= 0.3 is 6.61 Å². The number of hydrogen-bond donors (Lipinski definition) is 1. The number of carbonyl (C=O) groups excluding carboxylic acids is 2. The first kappa shape index (κ1) is 18.2. The zero-order chi connectivity index (χ0) is 17.9. The Kier molecular flexibility index (Phi) is 5.75. The van der Waals surface area contributed by atoms with E-state index in [1.54, 1.807) is 18.7 Å². The Bertz CT molecular complexity index is 611. The van der Waals surface area contributed by atoms with E-state index in [4.69, 9.17) is 0 Å². The molecule has 1 atom stereocenters. The summed E-state index contributed by atoms with van der Waals surface area (Å²) in [6, 6.07) is 2.85. The highest BCUT2D eigenvalue weighted by molar-refractivity contribution is 5.95. The number of likely N-dealkylation sites (tertiary alicyclic amines) is 1. The van der Waals surface area contributed by atoms with Crippen LogP contribution in [-0.4, -0.2) is 42.5 Å². The summed E-state index contributed by atoms with van der Waals surface area (Å²) in [6.07, 6.45) is 1.41.